The Morgan fingerprint density at radius 3 is 2.45 bits per heavy atom. The van der Waals surface area contributed by atoms with Gasteiger partial charge in [-0.3, -0.25) is 0 Å². The standard InChI is InChI=1S/C14H10ClF4N/c15-12-7-11(4-5-13(12)16)20-8-9-2-1-3-10(6-9)14(17,18)19/h1-7,20H,8H2. The molecule has 0 atom stereocenters. The molecule has 6 heteroatoms. The Labute approximate surface area is 118 Å². The van der Waals surface area contributed by atoms with Gasteiger partial charge in [-0.25, -0.2) is 4.39 Å². The van der Waals surface area contributed by atoms with Crippen LogP contribution >= 0.6 is 11.6 Å². The summed E-state index contributed by atoms with van der Waals surface area (Å²) in [4.78, 5) is 0. The summed E-state index contributed by atoms with van der Waals surface area (Å²) >= 11 is 5.62. The van der Waals surface area contributed by atoms with Crippen molar-refractivity contribution in [2.75, 3.05) is 5.32 Å². The summed E-state index contributed by atoms with van der Waals surface area (Å²) < 4.78 is 50.6. The third-order valence-electron chi connectivity index (χ3n) is 2.67. The van der Waals surface area contributed by atoms with Gasteiger partial charge in [0.2, 0.25) is 0 Å². The van der Waals surface area contributed by atoms with Crippen molar-refractivity contribution in [3.05, 3.63) is 64.4 Å². The number of hydrogen-bond donors (Lipinski definition) is 1. The lowest BCUT2D eigenvalue weighted by atomic mass is 10.1. The molecule has 0 aliphatic heterocycles. The first-order valence-electron chi connectivity index (χ1n) is 5.71. The average molecular weight is 304 g/mol. The molecule has 0 bridgehead atoms. The molecule has 0 heterocycles. The second kappa shape index (κ2) is 5.71. The van der Waals surface area contributed by atoms with Crippen LogP contribution in [0.15, 0.2) is 42.5 Å². The molecule has 2 rings (SSSR count). The van der Waals surface area contributed by atoms with E-state index in [1.807, 2.05) is 0 Å². The molecule has 0 aliphatic rings. The Bertz CT molecular complexity index is 610. The third-order valence-corrected chi connectivity index (χ3v) is 2.96. The number of benzene rings is 2. The van der Waals surface area contributed by atoms with Crippen molar-refractivity contribution in [2.45, 2.75) is 12.7 Å². The lowest BCUT2D eigenvalue weighted by Crippen LogP contribution is -2.06. The predicted molar refractivity (Wildman–Crippen MR) is 70.2 cm³/mol. The van der Waals surface area contributed by atoms with Gasteiger partial charge in [-0.1, -0.05) is 23.7 Å². The highest BCUT2D eigenvalue weighted by Gasteiger charge is 2.30. The molecule has 0 spiro atoms. The van der Waals surface area contributed by atoms with E-state index in [1.54, 1.807) is 6.07 Å². The Morgan fingerprint density at radius 1 is 1.05 bits per heavy atom. The van der Waals surface area contributed by atoms with E-state index in [4.69, 9.17) is 11.6 Å². The van der Waals surface area contributed by atoms with Crippen LogP contribution in [-0.4, -0.2) is 0 Å². The van der Waals surface area contributed by atoms with E-state index in [2.05, 4.69) is 5.32 Å². The summed E-state index contributed by atoms with van der Waals surface area (Å²) in [6.45, 7) is 0.186. The second-order valence-corrected chi connectivity index (χ2v) is 4.59. The largest absolute Gasteiger partial charge is 0.416 e. The van der Waals surface area contributed by atoms with Crippen molar-refractivity contribution in [2.24, 2.45) is 0 Å². The lowest BCUT2D eigenvalue weighted by Gasteiger charge is -2.10. The summed E-state index contributed by atoms with van der Waals surface area (Å²) in [5.74, 6) is -0.545. The van der Waals surface area contributed by atoms with Crippen LogP contribution in [0.3, 0.4) is 0 Å². The molecule has 2 aromatic rings. The number of rotatable bonds is 3. The maximum absolute atomic E-state index is 13.0. The minimum atomic E-state index is -4.37. The van der Waals surface area contributed by atoms with Crippen molar-refractivity contribution in [1.82, 2.24) is 0 Å². The van der Waals surface area contributed by atoms with Crippen LogP contribution in [0.2, 0.25) is 5.02 Å². The van der Waals surface area contributed by atoms with Gasteiger partial charge in [0.25, 0.3) is 0 Å². The van der Waals surface area contributed by atoms with Crippen LogP contribution < -0.4 is 5.32 Å². The topological polar surface area (TPSA) is 12.0 Å². The molecule has 0 unspecified atom stereocenters. The van der Waals surface area contributed by atoms with E-state index in [1.165, 1.54) is 24.3 Å². The molecular formula is C14H10ClF4N. The van der Waals surface area contributed by atoms with Gasteiger partial charge < -0.3 is 5.32 Å². The van der Waals surface area contributed by atoms with E-state index >= 15 is 0 Å². The molecule has 0 amide bonds. The fourth-order valence-electron chi connectivity index (χ4n) is 1.67. The Kier molecular flexibility index (Phi) is 4.18. The zero-order valence-corrected chi connectivity index (χ0v) is 10.9. The fourth-order valence-corrected chi connectivity index (χ4v) is 1.85. The van der Waals surface area contributed by atoms with E-state index in [9.17, 15) is 17.6 Å². The zero-order chi connectivity index (χ0) is 14.8. The van der Waals surface area contributed by atoms with Crippen molar-refractivity contribution in [3.8, 4) is 0 Å². The zero-order valence-electron chi connectivity index (χ0n) is 10.1. The Hall–Kier alpha value is -1.75. The number of alkyl halides is 3. The van der Waals surface area contributed by atoms with Crippen LogP contribution in [0.4, 0.5) is 23.2 Å². The molecule has 0 saturated carbocycles. The number of hydrogen-bond acceptors (Lipinski definition) is 1. The summed E-state index contributed by atoms with van der Waals surface area (Å²) in [7, 11) is 0. The highest BCUT2D eigenvalue weighted by molar-refractivity contribution is 6.31. The van der Waals surface area contributed by atoms with E-state index in [-0.39, 0.29) is 11.6 Å². The van der Waals surface area contributed by atoms with Crippen LogP contribution in [-0.2, 0) is 12.7 Å². The second-order valence-electron chi connectivity index (χ2n) is 4.18. The third kappa shape index (κ3) is 3.63. The van der Waals surface area contributed by atoms with Crippen molar-refractivity contribution >= 4 is 17.3 Å². The van der Waals surface area contributed by atoms with Gasteiger partial charge in [-0.15, -0.1) is 0 Å². The molecule has 0 aromatic heterocycles. The van der Waals surface area contributed by atoms with E-state index in [0.29, 0.717) is 11.3 Å². The van der Waals surface area contributed by atoms with Crippen molar-refractivity contribution < 1.29 is 17.6 Å². The molecule has 106 valence electrons. The molecule has 0 saturated heterocycles. The smallest absolute Gasteiger partial charge is 0.381 e. The van der Waals surface area contributed by atoms with Gasteiger partial charge in [0.15, 0.2) is 0 Å². The van der Waals surface area contributed by atoms with Crippen molar-refractivity contribution in [1.29, 1.82) is 0 Å². The Morgan fingerprint density at radius 2 is 1.80 bits per heavy atom. The van der Waals surface area contributed by atoms with Gasteiger partial charge in [0.05, 0.1) is 10.6 Å². The van der Waals surface area contributed by atoms with Crippen LogP contribution in [0, 0.1) is 5.82 Å². The van der Waals surface area contributed by atoms with Crippen molar-refractivity contribution in [3.63, 3.8) is 0 Å². The number of anilines is 1. The van der Waals surface area contributed by atoms with Crippen LogP contribution in [0.1, 0.15) is 11.1 Å². The molecule has 2 aromatic carbocycles. The molecule has 0 radical (unpaired) electrons. The molecule has 0 fully saturated rings. The normalized spacial score (nSPS) is 11.4. The molecule has 1 nitrogen and oxygen atoms in total. The molecule has 20 heavy (non-hydrogen) atoms. The first kappa shape index (κ1) is 14.7. The molecular weight excluding hydrogens is 294 g/mol. The summed E-state index contributed by atoms with van der Waals surface area (Å²) in [5.41, 5.74) is 0.308. The predicted octanol–water partition coefficient (Wildman–Crippen LogP) is 5.11. The molecule has 1 N–H and O–H groups in total. The summed E-state index contributed by atoms with van der Waals surface area (Å²) in [6, 6.07) is 9.04. The van der Waals surface area contributed by atoms with Crippen LogP contribution in [0.5, 0.6) is 0 Å². The average Bonchev–Trinajstić information content (AvgIpc) is 2.39. The van der Waals surface area contributed by atoms with E-state index < -0.39 is 17.6 Å². The van der Waals surface area contributed by atoms with Gasteiger partial charge >= 0.3 is 6.18 Å². The highest BCUT2D eigenvalue weighted by Crippen LogP contribution is 2.29. The highest BCUT2D eigenvalue weighted by atomic mass is 35.5. The van der Waals surface area contributed by atoms with Gasteiger partial charge in [0, 0.05) is 12.2 Å². The number of nitrogens with one attached hydrogen (secondary N) is 1. The minimum absolute atomic E-state index is 0.0426. The molecule has 0 aliphatic carbocycles. The quantitative estimate of drug-likeness (QED) is 0.777. The van der Waals surface area contributed by atoms with Gasteiger partial charge in [-0.05, 0) is 35.9 Å². The monoisotopic (exact) mass is 303 g/mol. The minimum Gasteiger partial charge on any atom is -0.381 e. The number of halogens is 5. The van der Waals surface area contributed by atoms with Gasteiger partial charge in [-0.2, -0.15) is 13.2 Å². The Balaban J connectivity index is 2.09. The first-order valence-corrected chi connectivity index (χ1v) is 6.09. The maximum Gasteiger partial charge on any atom is 0.416 e. The summed E-state index contributed by atoms with van der Waals surface area (Å²) in [5, 5.41) is 2.85. The summed E-state index contributed by atoms with van der Waals surface area (Å²) in [6.07, 6.45) is -4.37. The fraction of sp³-hybridized carbons (Fsp3) is 0.143. The lowest BCUT2D eigenvalue weighted by molar-refractivity contribution is -0.137. The van der Waals surface area contributed by atoms with Gasteiger partial charge in [0.1, 0.15) is 5.82 Å². The van der Waals surface area contributed by atoms with E-state index in [0.717, 1.165) is 12.1 Å². The van der Waals surface area contributed by atoms with Crippen LogP contribution in [0.25, 0.3) is 0 Å². The maximum atomic E-state index is 13.0. The SMILES string of the molecule is Fc1ccc(NCc2cccc(C(F)(F)F)c2)cc1Cl. The first-order chi connectivity index (χ1) is 9.36.